The number of aromatic nitrogens is 3. The summed E-state index contributed by atoms with van der Waals surface area (Å²) in [7, 11) is 1.78. The summed E-state index contributed by atoms with van der Waals surface area (Å²) in [4.78, 5) is 17.6. The Balaban J connectivity index is 1.59. The topological polar surface area (TPSA) is 72.9 Å². The lowest BCUT2D eigenvalue weighted by atomic mass is 9.86. The van der Waals surface area contributed by atoms with Gasteiger partial charge in [0.05, 0.1) is 24.6 Å². The number of hydrogen-bond acceptors (Lipinski definition) is 4. The predicted octanol–water partition coefficient (Wildman–Crippen LogP) is 5.09. The summed E-state index contributed by atoms with van der Waals surface area (Å²) in [5.74, 6) is -1.23. The van der Waals surface area contributed by atoms with Crippen LogP contribution in [0.4, 0.5) is 8.78 Å². The Hall–Kier alpha value is -3.78. The van der Waals surface area contributed by atoms with Crippen molar-refractivity contribution < 1.29 is 18.3 Å². The van der Waals surface area contributed by atoms with Gasteiger partial charge in [-0.1, -0.05) is 17.7 Å². The van der Waals surface area contributed by atoms with Gasteiger partial charge in [-0.2, -0.15) is 4.39 Å². The van der Waals surface area contributed by atoms with Gasteiger partial charge in [0.1, 0.15) is 11.6 Å². The van der Waals surface area contributed by atoms with Crippen LogP contribution >= 0.6 is 11.6 Å². The molecule has 1 N–H and O–H groups in total. The zero-order chi connectivity index (χ0) is 25.6. The van der Waals surface area contributed by atoms with Crippen molar-refractivity contribution in [3.63, 3.8) is 0 Å². The van der Waals surface area contributed by atoms with Crippen molar-refractivity contribution in [3.05, 3.63) is 99.6 Å². The largest absolute Gasteiger partial charge is 0.491 e. The molecule has 2 aromatic heterocycles. The molecule has 2 aromatic carbocycles. The maximum Gasteiger partial charge on any atom is 0.213 e. The van der Waals surface area contributed by atoms with Crippen LogP contribution in [-0.4, -0.2) is 26.5 Å². The number of nitrogens with one attached hydrogen (secondary N) is 1. The first kappa shape index (κ1) is 23.9. The lowest BCUT2D eigenvalue weighted by Gasteiger charge is -2.27. The summed E-state index contributed by atoms with van der Waals surface area (Å²) in [5, 5.41) is 8.53. The Morgan fingerprint density at radius 2 is 1.89 bits per heavy atom. The number of rotatable bonds is 5. The second-order valence-electron chi connectivity index (χ2n) is 8.96. The fraction of sp³-hybridized carbons (Fsp3) is 0.222. The van der Waals surface area contributed by atoms with Gasteiger partial charge in [-0.15, -0.1) is 0 Å². The number of aryl methyl sites for hydroxylation is 2. The van der Waals surface area contributed by atoms with Crippen molar-refractivity contribution in [2.45, 2.75) is 19.9 Å². The summed E-state index contributed by atoms with van der Waals surface area (Å²) >= 11 is 6.21. The van der Waals surface area contributed by atoms with E-state index in [9.17, 15) is 13.6 Å². The average Bonchev–Trinajstić information content (AvgIpc) is 3.14. The number of fused-ring (bicyclic) bond motifs is 1. The molecule has 6 nitrogen and oxygen atoms in total. The summed E-state index contributed by atoms with van der Waals surface area (Å²) in [6.07, 6.45) is 3.88. The molecule has 1 atom stereocenters. The third-order valence-corrected chi connectivity index (χ3v) is 6.82. The molecule has 0 bridgehead atoms. The first-order valence-electron chi connectivity index (χ1n) is 11.4. The van der Waals surface area contributed by atoms with E-state index in [0.29, 0.717) is 52.3 Å². The summed E-state index contributed by atoms with van der Waals surface area (Å²) in [6, 6.07) is 10.7. The van der Waals surface area contributed by atoms with Crippen LogP contribution in [0.2, 0.25) is 5.02 Å². The first-order valence-corrected chi connectivity index (χ1v) is 11.8. The molecular formula is C27H23ClF2N4O2. The maximum atomic E-state index is 13.7. The van der Waals surface area contributed by atoms with Crippen molar-refractivity contribution in [2.75, 3.05) is 6.61 Å². The standard InChI is InChI=1S/C27H23ClF2N4O2/c1-15-20(5-6-24(30)32-15)21-9-16(13-34-8-7-33(2)27(34)31)10-22-25(35)18(14-36-26(21)22)11-17-3-4-19(29)12-23(17)28/h3-10,12,18,31H,11,13-14H2,1-2H3/t18-/m0/s1. The minimum Gasteiger partial charge on any atom is -0.491 e. The third kappa shape index (κ3) is 4.44. The number of carbonyl (C=O) groups excluding carboxylic acids is 1. The van der Waals surface area contributed by atoms with Crippen molar-refractivity contribution in [2.24, 2.45) is 13.0 Å². The molecular weight excluding hydrogens is 486 g/mol. The van der Waals surface area contributed by atoms with Crippen LogP contribution in [-0.2, 0) is 20.0 Å². The van der Waals surface area contributed by atoms with Gasteiger partial charge >= 0.3 is 0 Å². The fourth-order valence-electron chi connectivity index (χ4n) is 4.57. The lowest BCUT2D eigenvalue weighted by Crippen LogP contribution is -2.30. The molecule has 0 amide bonds. The van der Waals surface area contributed by atoms with Gasteiger partial charge in [-0.25, -0.2) is 9.37 Å². The van der Waals surface area contributed by atoms with Crippen LogP contribution in [0, 0.1) is 30.0 Å². The fourth-order valence-corrected chi connectivity index (χ4v) is 4.81. The quantitative estimate of drug-likeness (QED) is 0.382. The van der Waals surface area contributed by atoms with Gasteiger partial charge < -0.3 is 13.9 Å². The zero-order valence-electron chi connectivity index (χ0n) is 19.7. The minimum atomic E-state index is -0.590. The van der Waals surface area contributed by atoms with E-state index in [2.05, 4.69) is 4.98 Å². The molecule has 0 fully saturated rings. The molecule has 0 saturated heterocycles. The molecule has 4 aromatic rings. The van der Waals surface area contributed by atoms with Crippen LogP contribution in [0.5, 0.6) is 5.75 Å². The number of ether oxygens (including phenoxy) is 1. The second kappa shape index (κ2) is 9.35. The van der Waals surface area contributed by atoms with E-state index in [0.717, 1.165) is 5.56 Å². The normalized spacial score (nSPS) is 15.0. The van der Waals surface area contributed by atoms with E-state index in [-0.39, 0.29) is 17.4 Å². The second-order valence-corrected chi connectivity index (χ2v) is 9.37. The van der Waals surface area contributed by atoms with Crippen LogP contribution in [0.3, 0.4) is 0 Å². The number of pyridine rings is 1. The Bertz CT molecular complexity index is 1560. The van der Waals surface area contributed by atoms with Crippen molar-refractivity contribution >= 4 is 17.4 Å². The van der Waals surface area contributed by atoms with Gasteiger partial charge in [-0.05, 0) is 60.9 Å². The number of benzene rings is 2. The molecule has 0 radical (unpaired) electrons. The number of ketones is 1. The van der Waals surface area contributed by atoms with Crippen molar-refractivity contribution in [1.29, 1.82) is 5.41 Å². The van der Waals surface area contributed by atoms with Gasteiger partial charge in [0, 0.05) is 41.3 Å². The molecule has 36 heavy (non-hydrogen) atoms. The lowest BCUT2D eigenvalue weighted by molar-refractivity contribution is 0.0831. The van der Waals surface area contributed by atoms with Gasteiger partial charge in [0.2, 0.25) is 11.6 Å². The Morgan fingerprint density at radius 3 is 2.58 bits per heavy atom. The molecule has 9 heteroatoms. The maximum absolute atomic E-state index is 13.7. The molecule has 3 heterocycles. The molecule has 0 spiro atoms. The number of carbonyl (C=O) groups is 1. The molecule has 1 aliphatic rings. The predicted molar refractivity (Wildman–Crippen MR) is 131 cm³/mol. The highest BCUT2D eigenvalue weighted by Gasteiger charge is 2.32. The van der Waals surface area contributed by atoms with Crippen molar-refractivity contribution in [1.82, 2.24) is 14.1 Å². The number of hydrogen-bond donors (Lipinski definition) is 1. The van der Waals surface area contributed by atoms with Crippen LogP contribution < -0.4 is 10.4 Å². The van der Waals surface area contributed by atoms with E-state index in [4.69, 9.17) is 21.7 Å². The van der Waals surface area contributed by atoms with E-state index in [1.54, 1.807) is 53.7 Å². The number of nitrogens with zero attached hydrogens (tertiary/aromatic N) is 3. The average molecular weight is 509 g/mol. The summed E-state index contributed by atoms with van der Waals surface area (Å²) in [5.41, 5.74) is 3.93. The van der Waals surface area contributed by atoms with Gasteiger partial charge in [0.25, 0.3) is 0 Å². The van der Waals surface area contributed by atoms with E-state index >= 15 is 0 Å². The number of imidazole rings is 1. The van der Waals surface area contributed by atoms with E-state index in [1.165, 1.54) is 18.2 Å². The highest BCUT2D eigenvalue weighted by molar-refractivity contribution is 6.31. The number of Topliss-reactive ketones (excluding diaryl/α,β-unsaturated/α-hetero) is 1. The third-order valence-electron chi connectivity index (χ3n) is 6.47. The zero-order valence-corrected chi connectivity index (χ0v) is 20.4. The van der Waals surface area contributed by atoms with Crippen molar-refractivity contribution in [3.8, 4) is 16.9 Å². The van der Waals surface area contributed by atoms with E-state index < -0.39 is 17.7 Å². The Kier molecular flexibility index (Phi) is 6.22. The Labute approximate surface area is 211 Å². The van der Waals surface area contributed by atoms with E-state index in [1.807, 2.05) is 6.07 Å². The smallest absolute Gasteiger partial charge is 0.213 e. The summed E-state index contributed by atoms with van der Waals surface area (Å²) in [6.45, 7) is 2.19. The molecule has 1 aliphatic heterocycles. The highest BCUT2D eigenvalue weighted by atomic mass is 35.5. The van der Waals surface area contributed by atoms with Crippen LogP contribution in [0.25, 0.3) is 11.1 Å². The Morgan fingerprint density at radius 1 is 1.11 bits per heavy atom. The molecule has 5 rings (SSSR count). The minimum absolute atomic E-state index is 0.114. The first-order chi connectivity index (χ1) is 17.2. The van der Waals surface area contributed by atoms with Crippen LogP contribution in [0.1, 0.15) is 27.2 Å². The monoisotopic (exact) mass is 508 g/mol. The molecule has 184 valence electrons. The summed E-state index contributed by atoms with van der Waals surface area (Å²) < 4.78 is 36.8. The SMILES string of the molecule is Cc1nc(F)ccc1-c1cc(Cn2ccn(C)c2=N)cc2c1OC[C@H](Cc1ccc(F)cc1Cl)C2=O. The van der Waals surface area contributed by atoms with Gasteiger partial charge in [-0.3, -0.25) is 10.2 Å². The van der Waals surface area contributed by atoms with Gasteiger partial charge in [0.15, 0.2) is 5.78 Å². The molecule has 0 aliphatic carbocycles. The molecule has 0 unspecified atom stereocenters. The highest BCUT2D eigenvalue weighted by Crippen LogP contribution is 2.40. The molecule has 0 saturated carbocycles. The van der Waals surface area contributed by atoms with Crippen LogP contribution in [0.15, 0.2) is 54.9 Å². The number of halogens is 3.